The van der Waals surface area contributed by atoms with Gasteiger partial charge in [-0.05, 0) is 37.0 Å². The summed E-state index contributed by atoms with van der Waals surface area (Å²) in [5.74, 6) is -0.445. The van der Waals surface area contributed by atoms with E-state index in [2.05, 4.69) is 15.6 Å². The lowest BCUT2D eigenvalue weighted by Crippen LogP contribution is -2.31. The molecule has 0 radical (unpaired) electrons. The van der Waals surface area contributed by atoms with Gasteiger partial charge < -0.3 is 5.32 Å². The largest absolute Gasteiger partial charge is 0.351 e. The summed E-state index contributed by atoms with van der Waals surface area (Å²) in [5.41, 5.74) is 2.47. The van der Waals surface area contributed by atoms with Crippen molar-refractivity contribution in [3.8, 4) is 0 Å². The predicted octanol–water partition coefficient (Wildman–Crippen LogP) is 4.13. The number of aryl methyl sites for hydroxylation is 1. The number of fused-ring (bicyclic) bond motifs is 1. The van der Waals surface area contributed by atoms with E-state index in [9.17, 15) is 9.59 Å². The maximum atomic E-state index is 12.8. The van der Waals surface area contributed by atoms with Crippen LogP contribution in [0.1, 0.15) is 45.3 Å². The van der Waals surface area contributed by atoms with E-state index in [-0.39, 0.29) is 17.7 Å². The number of anilines is 1. The number of carbonyl (C=O) groups excluding carboxylic acids is 2. The van der Waals surface area contributed by atoms with Gasteiger partial charge in [0, 0.05) is 17.0 Å². The highest BCUT2D eigenvalue weighted by Gasteiger charge is 2.30. The number of nitrogens with one attached hydrogen (secondary N) is 2. The Kier molecular flexibility index (Phi) is 5.48. The van der Waals surface area contributed by atoms with Gasteiger partial charge in [-0.15, -0.1) is 11.3 Å². The van der Waals surface area contributed by atoms with Crippen molar-refractivity contribution in [2.24, 2.45) is 0 Å². The van der Waals surface area contributed by atoms with Crippen molar-refractivity contribution in [1.29, 1.82) is 0 Å². The zero-order valence-corrected chi connectivity index (χ0v) is 16.2. The first-order valence-corrected chi connectivity index (χ1v) is 10.2. The Hall–Kier alpha value is -2.99. The highest BCUT2D eigenvalue weighted by molar-refractivity contribution is 7.15. The normalized spacial score (nSPS) is 15.5. The van der Waals surface area contributed by atoms with Crippen LogP contribution in [0, 0.1) is 0 Å². The fraction of sp³-hybridized carbons (Fsp3) is 0.227. The van der Waals surface area contributed by atoms with Crippen LogP contribution in [0.3, 0.4) is 0 Å². The molecule has 1 heterocycles. The van der Waals surface area contributed by atoms with Crippen LogP contribution < -0.4 is 10.6 Å². The maximum Gasteiger partial charge on any atom is 0.257 e. The molecule has 28 heavy (non-hydrogen) atoms. The SMILES string of the molecule is O=C(Nc1nc2c(s1)CCCC2C(=O)NCc1ccccc1)c1ccccc1. The molecule has 6 heteroatoms. The number of rotatable bonds is 5. The van der Waals surface area contributed by atoms with E-state index in [0.717, 1.165) is 35.4 Å². The standard InChI is InChI=1S/C22H21N3O2S/c26-20(16-10-5-2-6-11-16)25-22-24-19-17(12-7-13-18(19)28-22)21(27)23-14-15-8-3-1-4-9-15/h1-6,8-11,17H,7,12-14H2,(H,23,27)(H,24,25,26). The van der Waals surface area contributed by atoms with Crippen molar-refractivity contribution in [2.45, 2.75) is 31.7 Å². The third-order valence-electron chi connectivity index (χ3n) is 4.84. The molecule has 1 atom stereocenters. The molecule has 0 aliphatic heterocycles. The van der Waals surface area contributed by atoms with Crippen LogP contribution in [0.5, 0.6) is 0 Å². The predicted molar refractivity (Wildman–Crippen MR) is 110 cm³/mol. The van der Waals surface area contributed by atoms with Gasteiger partial charge in [-0.2, -0.15) is 0 Å². The number of benzene rings is 2. The molecule has 5 nitrogen and oxygen atoms in total. The van der Waals surface area contributed by atoms with Crippen molar-refractivity contribution >= 4 is 28.3 Å². The zero-order valence-electron chi connectivity index (χ0n) is 15.4. The summed E-state index contributed by atoms with van der Waals surface area (Å²) in [6.45, 7) is 0.507. The third-order valence-corrected chi connectivity index (χ3v) is 5.88. The molecular formula is C22H21N3O2S. The van der Waals surface area contributed by atoms with Crippen LogP contribution in [-0.2, 0) is 17.8 Å². The molecule has 1 aromatic heterocycles. The Bertz CT molecular complexity index is 970. The van der Waals surface area contributed by atoms with Crippen LogP contribution >= 0.6 is 11.3 Å². The Labute approximate surface area is 167 Å². The maximum absolute atomic E-state index is 12.8. The molecule has 1 aliphatic rings. The van der Waals surface area contributed by atoms with Gasteiger partial charge in [-0.25, -0.2) is 4.98 Å². The number of carbonyl (C=O) groups is 2. The van der Waals surface area contributed by atoms with Gasteiger partial charge in [0.15, 0.2) is 5.13 Å². The van der Waals surface area contributed by atoms with E-state index < -0.39 is 0 Å². The highest BCUT2D eigenvalue weighted by atomic mass is 32.1. The first-order valence-electron chi connectivity index (χ1n) is 9.38. The molecule has 2 amide bonds. The smallest absolute Gasteiger partial charge is 0.257 e. The van der Waals surface area contributed by atoms with Crippen LogP contribution in [-0.4, -0.2) is 16.8 Å². The van der Waals surface area contributed by atoms with E-state index >= 15 is 0 Å². The summed E-state index contributed by atoms with van der Waals surface area (Å²) in [6, 6.07) is 18.9. The lowest BCUT2D eigenvalue weighted by atomic mass is 9.90. The molecule has 4 rings (SSSR count). The van der Waals surface area contributed by atoms with Gasteiger partial charge >= 0.3 is 0 Å². The minimum absolute atomic E-state index is 0.00367. The Balaban J connectivity index is 1.45. The van der Waals surface area contributed by atoms with E-state index in [0.29, 0.717) is 17.2 Å². The molecule has 0 spiro atoms. The Morgan fingerprint density at radius 3 is 2.50 bits per heavy atom. The number of aromatic nitrogens is 1. The first kappa shape index (κ1) is 18.4. The molecule has 0 saturated carbocycles. The molecule has 2 aromatic carbocycles. The Morgan fingerprint density at radius 2 is 1.75 bits per heavy atom. The van der Waals surface area contributed by atoms with Crippen LogP contribution in [0.4, 0.5) is 5.13 Å². The molecule has 1 aliphatic carbocycles. The number of hydrogen-bond acceptors (Lipinski definition) is 4. The summed E-state index contributed by atoms with van der Waals surface area (Å²) in [6.07, 6.45) is 2.63. The number of amides is 2. The van der Waals surface area contributed by atoms with Gasteiger partial charge in [0.25, 0.3) is 5.91 Å². The third kappa shape index (κ3) is 4.12. The monoisotopic (exact) mass is 391 g/mol. The summed E-state index contributed by atoms with van der Waals surface area (Å²) < 4.78 is 0. The molecular weight excluding hydrogens is 370 g/mol. The molecule has 2 N–H and O–H groups in total. The first-order chi connectivity index (χ1) is 13.7. The minimum Gasteiger partial charge on any atom is -0.351 e. The lowest BCUT2D eigenvalue weighted by molar-refractivity contribution is -0.123. The number of nitrogens with zero attached hydrogens (tertiary/aromatic N) is 1. The fourth-order valence-electron chi connectivity index (χ4n) is 3.39. The molecule has 142 valence electrons. The van der Waals surface area contributed by atoms with Crippen molar-refractivity contribution in [1.82, 2.24) is 10.3 Å². The van der Waals surface area contributed by atoms with E-state index in [1.165, 1.54) is 11.3 Å². The fourth-order valence-corrected chi connectivity index (χ4v) is 4.45. The summed E-state index contributed by atoms with van der Waals surface area (Å²) in [4.78, 5) is 30.8. The van der Waals surface area contributed by atoms with Crippen molar-refractivity contribution in [3.63, 3.8) is 0 Å². The molecule has 0 bridgehead atoms. The van der Waals surface area contributed by atoms with Crippen LogP contribution in [0.2, 0.25) is 0 Å². The molecule has 0 fully saturated rings. The second kappa shape index (κ2) is 8.35. The van der Waals surface area contributed by atoms with E-state index in [1.807, 2.05) is 48.5 Å². The van der Waals surface area contributed by atoms with Gasteiger partial charge in [0.2, 0.25) is 5.91 Å². The van der Waals surface area contributed by atoms with Crippen LogP contribution in [0.25, 0.3) is 0 Å². The highest BCUT2D eigenvalue weighted by Crippen LogP contribution is 2.37. The zero-order chi connectivity index (χ0) is 19.3. The van der Waals surface area contributed by atoms with Crippen LogP contribution in [0.15, 0.2) is 60.7 Å². The average molecular weight is 391 g/mol. The van der Waals surface area contributed by atoms with E-state index in [1.54, 1.807) is 12.1 Å². The van der Waals surface area contributed by atoms with E-state index in [4.69, 9.17) is 0 Å². The number of hydrogen-bond donors (Lipinski definition) is 2. The second-order valence-corrected chi connectivity index (χ2v) is 7.88. The minimum atomic E-state index is -0.258. The van der Waals surface area contributed by atoms with Gasteiger partial charge in [-0.3, -0.25) is 14.9 Å². The quantitative estimate of drug-likeness (QED) is 0.687. The molecule has 3 aromatic rings. The lowest BCUT2D eigenvalue weighted by Gasteiger charge is -2.20. The van der Waals surface area contributed by atoms with Crippen molar-refractivity contribution in [2.75, 3.05) is 5.32 Å². The second-order valence-electron chi connectivity index (χ2n) is 6.80. The van der Waals surface area contributed by atoms with Gasteiger partial charge in [0.1, 0.15) is 0 Å². The Morgan fingerprint density at radius 1 is 1.04 bits per heavy atom. The van der Waals surface area contributed by atoms with Crippen molar-refractivity contribution < 1.29 is 9.59 Å². The topological polar surface area (TPSA) is 71.1 Å². The van der Waals surface area contributed by atoms with Crippen molar-refractivity contribution in [3.05, 3.63) is 82.4 Å². The van der Waals surface area contributed by atoms with Gasteiger partial charge in [-0.1, -0.05) is 48.5 Å². The molecule has 0 saturated heterocycles. The number of thiazole rings is 1. The summed E-state index contributed by atoms with van der Waals surface area (Å²) in [5, 5.41) is 6.45. The summed E-state index contributed by atoms with van der Waals surface area (Å²) in [7, 11) is 0. The average Bonchev–Trinajstić information content (AvgIpc) is 3.15. The molecule has 1 unspecified atom stereocenters. The summed E-state index contributed by atoms with van der Waals surface area (Å²) >= 11 is 1.47. The van der Waals surface area contributed by atoms with Gasteiger partial charge in [0.05, 0.1) is 11.6 Å².